The molecule has 0 spiro atoms. The third-order valence-electron chi connectivity index (χ3n) is 4.76. The van der Waals surface area contributed by atoms with Crippen LogP contribution in [0.4, 0.5) is 0 Å². The summed E-state index contributed by atoms with van der Waals surface area (Å²) in [6.07, 6.45) is 0.926. The number of hydrogen-bond acceptors (Lipinski definition) is 5. The van der Waals surface area contributed by atoms with Gasteiger partial charge in [0, 0.05) is 38.9 Å². The molecule has 2 N–H and O–H groups in total. The minimum absolute atomic E-state index is 0.0354. The lowest BCUT2D eigenvalue weighted by molar-refractivity contribution is 0.0158. The highest BCUT2D eigenvalue weighted by atomic mass is 16.5. The number of nitrogens with two attached hydrogens (primary N) is 1. The minimum Gasteiger partial charge on any atom is -0.379 e. The zero-order valence-corrected chi connectivity index (χ0v) is 13.8. The molecule has 0 unspecified atom stereocenters. The Labute approximate surface area is 141 Å². The van der Waals surface area contributed by atoms with Gasteiger partial charge in [0.25, 0.3) is 5.56 Å². The van der Waals surface area contributed by atoms with Crippen LogP contribution in [-0.4, -0.2) is 48.4 Å². The summed E-state index contributed by atoms with van der Waals surface area (Å²) in [5, 5.41) is 10.1. The molecule has 0 saturated carbocycles. The van der Waals surface area contributed by atoms with Crippen molar-refractivity contribution in [2.45, 2.75) is 25.1 Å². The van der Waals surface area contributed by atoms with Gasteiger partial charge in [0.05, 0.1) is 23.3 Å². The van der Waals surface area contributed by atoms with E-state index in [2.05, 4.69) is 11.0 Å². The van der Waals surface area contributed by atoms with Crippen LogP contribution in [0.1, 0.15) is 12.0 Å². The molecular weight excluding hydrogens is 304 g/mol. The van der Waals surface area contributed by atoms with Crippen LogP contribution in [0.25, 0.3) is 10.9 Å². The number of ether oxygens (including phenoxy) is 1. The van der Waals surface area contributed by atoms with Gasteiger partial charge in [-0.15, -0.1) is 0 Å². The van der Waals surface area contributed by atoms with Crippen LogP contribution in [0, 0.1) is 11.3 Å². The number of rotatable bonds is 4. The average Bonchev–Trinajstić information content (AvgIpc) is 2.61. The van der Waals surface area contributed by atoms with Gasteiger partial charge in [0.2, 0.25) is 0 Å². The number of nitriles is 1. The number of likely N-dealkylation sites (tertiary alicyclic amines) is 1. The average molecular weight is 326 g/mol. The van der Waals surface area contributed by atoms with Crippen LogP contribution in [0.5, 0.6) is 0 Å². The molecule has 6 nitrogen and oxygen atoms in total. The molecular formula is C18H22N4O2. The predicted octanol–water partition coefficient (Wildman–Crippen LogP) is 0.921. The van der Waals surface area contributed by atoms with Gasteiger partial charge in [-0.1, -0.05) is 6.07 Å². The summed E-state index contributed by atoms with van der Waals surface area (Å²) in [6.45, 7) is 3.02. The number of fused-ring (bicyclic) bond motifs is 1. The first-order valence-corrected chi connectivity index (χ1v) is 8.17. The Bertz CT molecular complexity index is 824. The molecule has 1 aliphatic heterocycles. The van der Waals surface area contributed by atoms with Gasteiger partial charge in [-0.3, -0.25) is 9.69 Å². The molecule has 1 fully saturated rings. The number of methoxy groups -OCH3 is 1. The van der Waals surface area contributed by atoms with Gasteiger partial charge in [-0.2, -0.15) is 5.26 Å². The van der Waals surface area contributed by atoms with Gasteiger partial charge in [-0.05, 0) is 36.6 Å². The summed E-state index contributed by atoms with van der Waals surface area (Å²) >= 11 is 0. The highest BCUT2D eigenvalue weighted by Crippen LogP contribution is 2.15. The molecule has 1 aliphatic rings. The number of nitrogens with zero attached hydrogens (tertiary/aromatic N) is 3. The molecule has 2 heterocycles. The van der Waals surface area contributed by atoms with E-state index in [0.29, 0.717) is 12.1 Å². The second-order valence-corrected chi connectivity index (χ2v) is 6.24. The third kappa shape index (κ3) is 3.34. The number of aromatic nitrogens is 1. The smallest absolute Gasteiger partial charge is 0.251 e. The maximum Gasteiger partial charge on any atom is 0.251 e. The fourth-order valence-electron chi connectivity index (χ4n) is 3.28. The lowest BCUT2D eigenvalue weighted by Gasteiger charge is -2.36. The lowest BCUT2D eigenvalue weighted by Crippen LogP contribution is -2.52. The van der Waals surface area contributed by atoms with Crippen molar-refractivity contribution in [2.24, 2.45) is 5.73 Å². The van der Waals surface area contributed by atoms with Crippen molar-refractivity contribution in [3.05, 3.63) is 46.2 Å². The fourth-order valence-corrected chi connectivity index (χ4v) is 3.28. The SMILES string of the molecule is CO[C@@H]1CN(CCn2c(=O)ccc3ccc(C#N)cc32)CC[C@@H]1N. The number of piperidine rings is 1. The molecule has 6 heteroatoms. The first-order chi connectivity index (χ1) is 11.6. The van der Waals surface area contributed by atoms with Crippen molar-refractivity contribution in [1.29, 1.82) is 5.26 Å². The van der Waals surface area contributed by atoms with Crippen molar-refractivity contribution >= 4 is 10.9 Å². The second kappa shape index (κ2) is 7.14. The summed E-state index contributed by atoms with van der Waals surface area (Å²) in [5.74, 6) is 0. The van der Waals surface area contributed by atoms with Crippen molar-refractivity contribution in [2.75, 3.05) is 26.7 Å². The molecule has 1 aromatic carbocycles. The molecule has 126 valence electrons. The predicted molar refractivity (Wildman–Crippen MR) is 92.8 cm³/mol. The number of pyridine rings is 1. The van der Waals surface area contributed by atoms with Gasteiger partial charge >= 0.3 is 0 Å². The number of benzene rings is 1. The molecule has 3 rings (SSSR count). The lowest BCUT2D eigenvalue weighted by atomic mass is 10.0. The molecule has 0 aliphatic carbocycles. The molecule has 2 aromatic rings. The zero-order chi connectivity index (χ0) is 17.1. The monoisotopic (exact) mass is 326 g/mol. The second-order valence-electron chi connectivity index (χ2n) is 6.24. The van der Waals surface area contributed by atoms with E-state index in [0.717, 1.165) is 37.0 Å². The Hall–Kier alpha value is -2.20. The largest absolute Gasteiger partial charge is 0.379 e. The van der Waals surface area contributed by atoms with Crippen LogP contribution in [0.2, 0.25) is 0 Å². The van der Waals surface area contributed by atoms with E-state index in [1.54, 1.807) is 35.9 Å². The van der Waals surface area contributed by atoms with E-state index in [1.165, 1.54) is 0 Å². The highest BCUT2D eigenvalue weighted by Gasteiger charge is 2.26. The Morgan fingerprint density at radius 1 is 1.33 bits per heavy atom. The fraction of sp³-hybridized carbons (Fsp3) is 0.444. The van der Waals surface area contributed by atoms with Crippen LogP contribution < -0.4 is 11.3 Å². The topological polar surface area (TPSA) is 84.3 Å². The Morgan fingerprint density at radius 3 is 2.88 bits per heavy atom. The molecule has 0 radical (unpaired) electrons. The van der Waals surface area contributed by atoms with Gasteiger partial charge < -0.3 is 15.0 Å². The molecule has 24 heavy (non-hydrogen) atoms. The van der Waals surface area contributed by atoms with Crippen LogP contribution in [0.3, 0.4) is 0 Å². The molecule has 0 amide bonds. The Kier molecular flexibility index (Phi) is 4.95. The van der Waals surface area contributed by atoms with E-state index in [4.69, 9.17) is 15.7 Å². The maximum absolute atomic E-state index is 12.3. The van der Waals surface area contributed by atoms with Gasteiger partial charge in [0.1, 0.15) is 0 Å². The molecule has 0 bridgehead atoms. The van der Waals surface area contributed by atoms with Crippen molar-refractivity contribution < 1.29 is 4.74 Å². The van der Waals surface area contributed by atoms with E-state index in [-0.39, 0.29) is 17.7 Å². The van der Waals surface area contributed by atoms with E-state index in [1.807, 2.05) is 6.07 Å². The highest BCUT2D eigenvalue weighted by molar-refractivity contribution is 5.80. The van der Waals surface area contributed by atoms with Crippen LogP contribution in [0.15, 0.2) is 35.1 Å². The third-order valence-corrected chi connectivity index (χ3v) is 4.76. The van der Waals surface area contributed by atoms with Gasteiger partial charge in [0.15, 0.2) is 0 Å². The normalized spacial score (nSPS) is 21.7. The molecule has 1 aromatic heterocycles. The standard InChI is InChI=1S/C18H22N4O2/c1-24-17-12-21(7-6-15(17)20)8-9-22-16-10-13(11-19)2-3-14(16)4-5-18(22)23/h2-5,10,15,17H,6-9,12,20H2,1H3/t15-,17+/m0/s1. The summed E-state index contributed by atoms with van der Waals surface area (Å²) in [6, 6.07) is 11.0. The quantitative estimate of drug-likeness (QED) is 0.903. The first-order valence-electron chi connectivity index (χ1n) is 8.17. The summed E-state index contributed by atoms with van der Waals surface area (Å²) in [4.78, 5) is 14.6. The molecule has 1 saturated heterocycles. The van der Waals surface area contributed by atoms with Crippen molar-refractivity contribution in [3.8, 4) is 6.07 Å². The summed E-state index contributed by atoms with van der Waals surface area (Å²) in [5.41, 5.74) is 7.37. The first kappa shape index (κ1) is 16.7. The Balaban J connectivity index is 1.81. The van der Waals surface area contributed by atoms with Crippen LogP contribution in [-0.2, 0) is 11.3 Å². The maximum atomic E-state index is 12.3. The summed E-state index contributed by atoms with van der Waals surface area (Å²) in [7, 11) is 1.69. The number of hydrogen-bond donors (Lipinski definition) is 1. The van der Waals surface area contributed by atoms with E-state index in [9.17, 15) is 4.79 Å². The summed E-state index contributed by atoms with van der Waals surface area (Å²) < 4.78 is 7.18. The minimum atomic E-state index is -0.0467. The van der Waals surface area contributed by atoms with Gasteiger partial charge in [-0.25, -0.2) is 0 Å². The van der Waals surface area contributed by atoms with Crippen molar-refractivity contribution in [3.63, 3.8) is 0 Å². The van der Waals surface area contributed by atoms with E-state index < -0.39 is 0 Å². The van der Waals surface area contributed by atoms with Crippen LogP contribution >= 0.6 is 0 Å². The van der Waals surface area contributed by atoms with E-state index >= 15 is 0 Å². The Morgan fingerprint density at radius 2 is 2.12 bits per heavy atom. The molecule has 2 atom stereocenters. The van der Waals surface area contributed by atoms with Crippen molar-refractivity contribution in [1.82, 2.24) is 9.47 Å². The zero-order valence-electron chi connectivity index (χ0n) is 13.8.